The minimum absolute atomic E-state index is 0.198. The molecule has 0 aliphatic carbocycles. The summed E-state index contributed by atoms with van der Waals surface area (Å²) in [6.07, 6.45) is 1.38. The topological polar surface area (TPSA) is 63.7 Å². The molecule has 0 bridgehead atoms. The predicted molar refractivity (Wildman–Crippen MR) is 74.8 cm³/mol. The van der Waals surface area contributed by atoms with Gasteiger partial charge in [-0.1, -0.05) is 42.1 Å². The van der Waals surface area contributed by atoms with Crippen molar-refractivity contribution in [3.63, 3.8) is 0 Å². The molecule has 0 spiro atoms. The molecular weight excluding hydrogens is 278 g/mol. The van der Waals surface area contributed by atoms with E-state index in [2.05, 4.69) is 0 Å². The zero-order chi connectivity index (χ0) is 14.7. The first-order valence-electron chi connectivity index (χ1n) is 5.91. The summed E-state index contributed by atoms with van der Waals surface area (Å²) in [6.45, 7) is 1.24. The van der Waals surface area contributed by atoms with Crippen molar-refractivity contribution >= 4 is 29.4 Å². The SMILES string of the molecule is CC(=O)OC1S/C(=C\C(=O)c2ccccc2)N(C)C1=O. The number of nitrogens with zero attached hydrogens (tertiary/aromatic N) is 1. The van der Waals surface area contributed by atoms with Crippen LogP contribution in [0.3, 0.4) is 0 Å². The lowest BCUT2D eigenvalue weighted by Crippen LogP contribution is -2.27. The molecule has 0 aromatic heterocycles. The van der Waals surface area contributed by atoms with Crippen molar-refractivity contribution in [3.8, 4) is 0 Å². The number of hydrogen-bond acceptors (Lipinski definition) is 5. The molecule has 0 N–H and O–H groups in total. The first-order valence-corrected chi connectivity index (χ1v) is 6.79. The van der Waals surface area contributed by atoms with E-state index in [1.54, 1.807) is 31.3 Å². The third kappa shape index (κ3) is 3.08. The van der Waals surface area contributed by atoms with Gasteiger partial charge in [0, 0.05) is 25.6 Å². The number of amides is 1. The van der Waals surface area contributed by atoms with Gasteiger partial charge in [0.1, 0.15) is 0 Å². The van der Waals surface area contributed by atoms with Crippen molar-refractivity contribution in [2.45, 2.75) is 12.4 Å². The van der Waals surface area contributed by atoms with Crippen molar-refractivity contribution in [2.24, 2.45) is 0 Å². The molecule has 1 aromatic carbocycles. The second kappa shape index (κ2) is 5.92. The highest BCUT2D eigenvalue weighted by molar-refractivity contribution is 8.04. The Morgan fingerprint density at radius 2 is 1.95 bits per heavy atom. The van der Waals surface area contributed by atoms with Gasteiger partial charge in [-0.05, 0) is 0 Å². The maximum atomic E-state index is 12.0. The van der Waals surface area contributed by atoms with Crippen molar-refractivity contribution < 1.29 is 19.1 Å². The number of hydrogen-bond donors (Lipinski definition) is 0. The molecule has 2 rings (SSSR count). The van der Waals surface area contributed by atoms with Crippen LogP contribution in [0.4, 0.5) is 0 Å². The fraction of sp³-hybridized carbons (Fsp3) is 0.214. The fourth-order valence-corrected chi connectivity index (χ4v) is 2.74. The van der Waals surface area contributed by atoms with E-state index < -0.39 is 11.4 Å². The summed E-state index contributed by atoms with van der Waals surface area (Å²) >= 11 is 1.05. The van der Waals surface area contributed by atoms with E-state index >= 15 is 0 Å². The number of carbonyl (C=O) groups excluding carboxylic acids is 3. The van der Waals surface area contributed by atoms with Crippen LogP contribution in [-0.2, 0) is 14.3 Å². The molecule has 1 unspecified atom stereocenters. The lowest BCUT2D eigenvalue weighted by atomic mass is 10.1. The highest BCUT2D eigenvalue weighted by atomic mass is 32.2. The minimum Gasteiger partial charge on any atom is -0.441 e. The number of esters is 1. The summed E-state index contributed by atoms with van der Waals surface area (Å²) in [5.41, 5.74) is -0.371. The normalized spacial score (nSPS) is 20.3. The largest absolute Gasteiger partial charge is 0.441 e. The second-order valence-corrected chi connectivity index (χ2v) is 5.25. The number of carbonyl (C=O) groups is 3. The van der Waals surface area contributed by atoms with E-state index in [4.69, 9.17) is 4.74 Å². The standard InChI is InChI=1S/C14H13NO4S/c1-9(16)19-14-13(18)15(2)12(20-14)8-11(17)10-6-4-3-5-7-10/h3-8,14H,1-2H3/b12-8-. The first-order chi connectivity index (χ1) is 9.49. The van der Waals surface area contributed by atoms with Gasteiger partial charge in [-0.3, -0.25) is 14.4 Å². The van der Waals surface area contributed by atoms with Crippen molar-refractivity contribution in [2.75, 3.05) is 7.05 Å². The van der Waals surface area contributed by atoms with Gasteiger partial charge in [-0.25, -0.2) is 0 Å². The van der Waals surface area contributed by atoms with Gasteiger partial charge in [0.2, 0.25) is 5.44 Å². The van der Waals surface area contributed by atoms with Crippen LogP contribution < -0.4 is 0 Å². The van der Waals surface area contributed by atoms with Crippen LogP contribution in [0.25, 0.3) is 0 Å². The van der Waals surface area contributed by atoms with Crippen molar-refractivity contribution in [1.82, 2.24) is 4.90 Å². The molecule has 1 aliphatic heterocycles. The van der Waals surface area contributed by atoms with Crippen LogP contribution >= 0.6 is 11.8 Å². The van der Waals surface area contributed by atoms with Crippen LogP contribution in [-0.4, -0.2) is 35.0 Å². The number of ketones is 1. The summed E-state index contributed by atoms with van der Waals surface area (Å²) in [4.78, 5) is 36.1. The molecule has 5 nitrogen and oxygen atoms in total. The van der Waals surface area contributed by atoms with E-state index in [1.165, 1.54) is 17.9 Å². The van der Waals surface area contributed by atoms with Crippen molar-refractivity contribution in [1.29, 1.82) is 0 Å². The van der Waals surface area contributed by atoms with Crippen molar-refractivity contribution in [3.05, 3.63) is 47.0 Å². The molecule has 0 radical (unpaired) electrons. The third-order valence-electron chi connectivity index (χ3n) is 2.68. The van der Waals surface area contributed by atoms with E-state index in [1.807, 2.05) is 6.07 Å². The first kappa shape index (κ1) is 14.3. The van der Waals surface area contributed by atoms with E-state index in [0.717, 1.165) is 11.8 Å². The molecule has 1 saturated heterocycles. The summed E-state index contributed by atoms with van der Waals surface area (Å²) in [5, 5.41) is 0.468. The number of likely N-dealkylation sites (N-methyl/N-ethyl adjacent to an activating group) is 1. The minimum atomic E-state index is -0.910. The quantitative estimate of drug-likeness (QED) is 0.483. The van der Waals surface area contributed by atoms with Crippen LogP contribution in [0.1, 0.15) is 17.3 Å². The number of benzene rings is 1. The Morgan fingerprint density at radius 3 is 2.55 bits per heavy atom. The third-order valence-corrected chi connectivity index (χ3v) is 3.82. The highest BCUT2D eigenvalue weighted by Gasteiger charge is 2.37. The molecular formula is C14H13NO4S. The molecule has 1 atom stereocenters. The lowest BCUT2D eigenvalue weighted by Gasteiger charge is -2.08. The van der Waals surface area contributed by atoms with Gasteiger partial charge in [-0.2, -0.15) is 0 Å². The Balaban J connectivity index is 2.17. The number of rotatable bonds is 3. The van der Waals surface area contributed by atoms with Crippen LogP contribution in [0, 0.1) is 0 Å². The van der Waals surface area contributed by atoms with Crippen LogP contribution in [0.15, 0.2) is 41.4 Å². The summed E-state index contributed by atoms with van der Waals surface area (Å²) in [6, 6.07) is 8.75. The average Bonchev–Trinajstić information content (AvgIpc) is 2.67. The van der Waals surface area contributed by atoms with Gasteiger partial charge in [0.15, 0.2) is 5.78 Å². The molecule has 104 valence electrons. The lowest BCUT2D eigenvalue weighted by molar-refractivity contribution is -0.150. The molecule has 1 aliphatic rings. The second-order valence-electron chi connectivity index (χ2n) is 4.17. The molecule has 1 aromatic rings. The average molecular weight is 291 g/mol. The summed E-state index contributed by atoms with van der Waals surface area (Å²) in [7, 11) is 1.54. The summed E-state index contributed by atoms with van der Waals surface area (Å²) < 4.78 is 4.89. The Labute approximate surface area is 120 Å². The van der Waals surface area contributed by atoms with Gasteiger partial charge < -0.3 is 9.64 Å². The van der Waals surface area contributed by atoms with Gasteiger partial charge >= 0.3 is 5.97 Å². The summed E-state index contributed by atoms with van der Waals surface area (Å²) in [5.74, 6) is -1.08. The zero-order valence-corrected chi connectivity index (χ0v) is 11.8. The Morgan fingerprint density at radius 1 is 1.30 bits per heavy atom. The van der Waals surface area contributed by atoms with Crippen LogP contribution in [0.5, 0.6) is 0 Å². The maximum absolute atomic E-state index is 12.0. The molecule has 20 heavy (non-hydrogen) atoms. The number of ether oxygens (including phenoxy) is 1. The highest BCUT2D eigenvalue weighted by Crippen LogP contribution is 2.34. The Bertz CT molecular complexity index is 582. The molecule has 1 heterocycles. The van der Waals surface area contributed by atoms with Gasteiger partial charge in [0.25, 0.3) is 5.91 Å². The number of allylic oxidation sites excluding steroid dienone is 1. The Hall–Kier alpha value is -2.08. The van der Waals surface area contributed by atoms with Gasteiger partial charge in [0.05, 0.1) is 5.03 Å². The zero-order valence-electron chi connectivity index (χ0n) is 11.0. The molecule has 1 amide bonds. The molecule has 0 saturated carbocycles. The monoisotopic (exact) mass is 291 g/mol. The van der Waals surface area contributed by atoms with Gasteiger partial charge in [-0.15, -0.1) is 0 Å². The predicted octanol–water partition coefficient (Wildman–Crippen LogP) is 1.81. The fourth-order valence-electron chi connectivity index (χ4n) is 1.66. The molecule has 1 fully saturated rings. The number of thioether (sulfide) groups is 1. The van der Waals surface area contributed by atoms with Crippen LogP contribution in [0.2, 0.25) is 0 Å². The maximum Gasteiger partial charge on any atom is 0.304 e. The molecule has 6 heteroatoms. The Kier molecular flexibility index (Phi) is 4.24. The van der Waals surface area contributed by atoms with E-state index in [9.17, 15) is 14.4 Å². The smallest absolute Gasteiger partial charge is 0.304 e. The van der Waals surface area contributed by atoms with E-state index in [0.29, 0.717) is 10.6 Å². The van der Waals surface area contributed by atoms with E-state index in [-0.39, 0.29) is 11.7 Å².